The molecule has 0 aliphatic carbocycles. The van der Waals surface area contributed by atoms with Crippen molar-refractivity contribution < 1.29 is 0 Å². The van der Waals surface area contributed by atoms with Crippen molar-refractivity contribution in [2.24, 2.45) is 0 Å². The maximum atomic E-state index is 3.71. The van der Waals surface area contributed by atoms with Gasteiger partial charge in [0.15, 0.2) is 0 Å². The molecule has 0 saturated heterocycles. The largest absolute Gasteiger partial charge is 0.310 e. The molecule has 2 aliphatic rings. The highest BCUT2D eigenvalue weighted by Crippen LogP contribution is 2.22. The Bertz CT molecular complexity index is 592. The molecule has 0 spiro atoms. The smallest absolute Gasteiger partial charge is 0.0210 e. The van der Waals surface area contributed by atoms with Crippen LogP contribution in [0.1, 0.15) is 35.1 Å². The van der Waals surface area contributed by atoms with E-state index in [-0.39, 0.29) is 0 Å². The molecule has 2 aromatic rings. The highest BCUT2D eigenvalue weighted by Gasteiger charge is 2.21. The predicted octanol–water partition coefficient (Wildman–Crippen LogP) is 3.20. The van der Waals surface area contributed by atoms with Crippen molar-refractivity contribution in [3.8, 4) is 0 Å². The summed E-state index contributed by atoms with van der Waals surface area (Å²) in [4.78, 5) is 0. The summed E-state index contributed by atoms with van der Waals surface area (Å²) in [6.45, 7) is 2.06. The standard InChI is InChI=1S/C20H24N2/c1-3-7-17-13-21-19(11-15(17)5-1)9-10-20-12-16-6-2-4-8-18(16)14-22-20/h1-8,19-22H,9-14H2. The summed E-state index contributed by atoms with van der Waals surface area (Å²) in [6, 6.07) is 19.0. The maximum absolute atomic E-state index is 3.71. The zero-order chi connectivity index (χ0) is 14.8. The summed E-state index contributed by atoms with van der Waals surface area (Å²) < 4.78 is 0. The van der Waals surface area contributed by atoms with Gasteiger partial charge in [-0.15, -0.1) is 0 Å². The first-order valence-corrected chi connectivity index (χ1v) is 8.49. The van der Waals surface area contributed by atoms with Crippen molar-refractivity contribution in [1.82, 2.24) is 10.6 Å². The van der Waals surface area contributed by atoms with E-state index in [2.05, 4.69) is 59.2 Å². The fourth-order valence-electron chi connectivity index (χ4n) is 3.85. The summed E-state index contributed by atoms with van der Waals surface area (Å²) >= 11 is 0. The minimum absolute atomic E-state index is 0.633. The zero-order valence-electron chi connectivity index (χ0n) is 13.0. The Morgan fingerprint density at radius 3 is 1.50 bits per heavy atom. The molecule has 0 radical (unpaired) electrons. The summed E-state index contributed by atoms with van der Waals surface area (Å²) in [6.07, 6.45) is 4.88. The van der Waals surface area contributed by atoms with Gasteiger partial charge in [-0.2, -0.15) is 0 Å². The molecule has 0 aromatic heterocycles. The van der Waals surface area contributed by atoms with Crippen LogP contribution in [0.4, 0.5) is 0 Å². The van der Waals surface area contributed by atoms with E-state index in [1.54, 1.807) is 0 Å². The van der Waals surface area contributed by atoms with Crippen molar-refractivity contribution in [1.29, 1.82) is 0 Å². The van der Waals surface area contributed by atoms with Gasteiger partial charge in [0.2, 0.25) is 0 Å². The molecule has 2 N–H and O–H groups in total. The van der Waals surface area contributed by atoms with Gasteiger partial charge in [0.1, 0.15) is 0 Å². The second kappa shape index (κ2) is 6.23. The summed E-state index contributed by atoms with van der Waals surface area (Å²) in [7, 11) is 0. The number of hydrogen-bond acceptors (Lipinski definition) is 2. The zero-order valence-corrected chi connectivity index (χ0v) is 13.0. The van der Waals surface area contributed by atoms with Gasteiger partial charge in [-0.3, -0.25) is 0 Å². The van der Waals surface area contributed by atoms with Crippen LogP contribution in [0.25, 0.3) is 0 Å². The molecule has 2 heterocycles. The lowest BCUT2D eigenvalue weighted by molar-refractivity contribution is 0.380. The molecule has 2 aliphatic heterocycles. The van der Waals surface area contributed by atoms with Gasteiger partial charge in [0, 0.05) is 25.2 Å². The van der Waals surface area contributed by atoms with Crippen molar-refractivity contribution in [2.45, 2.75) is 50.9 Å². The summed E-state index contributed by atoms with van der Waals surface area (Å²) in [5.41, 5.74) is 6.02. The van der Waals surface area contributed by atoms with Crippen LogP contribution in [0, 0.1) is 0 Å². The minimum atomic E-state index is 0.633. The van der Waals surface area contributed by atoms with Crippen LogP contribution >= 0.6 is 0 Å². The normalized spacial score (nSPS) is 23.6. The Balaban J connectivity index is 1.33. The lowest BCUT2D eigenvalue weighted by Crippen LogP contribution is -2.39. The van der Waals surface area contributed by atoms with Gasteiger partial charge < -0.3 is 10.6 Å². The quantitative estimate of drug-likeness (QED) is 0.908. The van der Waals surface area contributed by atoms with Crippen LogP contribution in [0.3, 0.4) is 0 Å². The third-order valence-electron chi connectivity index (χ3n) is 5.20. The van der Waals surface area contributed by atoms with E-state index < -0.39 is 0 Å². The van der Waals surface area contributed by atoms with Crippen LogP contribution in [0.2, 0.25) is 0 Å². The van der Waals surface area contributed by atoms with E-state index in [1.807, 2.05) is 0 Å². The highest BCUT2D eigenvalue weighted by atomic mass is 14.9. The first-order valence-electron chi connectivity index (χ1n) is 8.49. The molecule has 114 valence electrons. The molecule has 0 saturated carbocycles. The van der Waals surface area contributed by atoms with Gasteiger partial charge in [-0.25, -0.2) is 0 Å². The third-order valence-corrected chi connectivity index (χ3v) is 5.20. The van der Waals surface area contributed by atoms with E-state index >= 15 is 0 Å². The van der Waals surface area contributed by atoms with Crippen LogP contribution in [-0.2, 0) is 25.9 Å². The van der Waals surface area contributed by atoms with Crippen molar-refractivity contribution in [2.75, 3.05) is 0 Å². The maximum Gasteiger partial charge on any atom is 0.0210 e. The molecule has 2 unspecified atom stereocenters. The first kappa shape index (κ1) is 14.0. The number of rotatable bonds is 3. The lowest BCUT2D eigenvalue weighted by atomic mass is 9.89. The number of hydrogen-bond donors (Lipinski definition) is 2. The van der Waals surface area contributed by atoms with Gasteiger partial charge >= 0.3 is 0 Å². The molecule has 2 nitrogen and oxygen atoms in total. The van der Waals surface area contributed by atoms with E-state index in [4.69, 9.17) is 0 Å². The second-order valence-corrected chi connectivity index (χ2v) is 6.68. The van der Waals surface area contributed by atoms with Crippen LogP contribution in [-0.4, -0.2) is 12.1 Å². The van der Waals surface area contributed by atoms with E-state index in [0.29, 0.717) is 12.1 Å². The Morgan fingerprint density at radius 1 is 0.636 bits per heavy atom. The van der Waals surface area contributed by atoms with Gasteiger partial charge in [0.25, 0.3) is 0 Å². The summed E-state index contributed by atoms with van der Waals surface area (Å²) in [5, 5.41) is 7.41. The van der Waals surface area contributed by atoms with Crippen molar-refractivity contribution in [3.63, 3.8) is 0 Å². The summed E-state index contributed by atoms with van der Waals surface area (Å²) in [5.74, 6) is 0. The second-order valence-electron chi connectivity index (χ2n) is 6.68. The fraction of sp³-hybridized carbons (Fsp3) is 0.400. The average molecular weight is 292 g/mol. The molecule has 2 atom stereocenters. The van der Waals surface area contributed by atoms with Gasteiger partial charge in [0.05, 0.1) is 0 Å². The minimum Gasteiger partial charge on any atom is -0.310 e. The molecule has 0 fully saturated rings. The highest BCUT2D eigenvalue weighted by molar-refractivity contribution is 5.31. The first-order chi connectivity index (χ1) is 10.9. The molecule has 4 rings (SSSR count). The predicted molar refractivity (Wildman–Crippen MR) is 90.8 cm³/mol. The molecule has 2 heteroatoms. The molecule has 0 bridgehead atoms. The SMILES string of the molecule is c1ccc2c(c1)CNC(CCC1Cc3ccccc3CN1)C2. The average Bonchev–Trinajstić information content (AvgIpc) is 2.59. The Labute approximate surface area is 132 Å². The monoisotopic (exact) mass is 292 g/mol. The van der Waals surface area contributed by atoms with Crippen molar-refractivity contribution in [3.05, 3.63) is 70.8 Å². The van der Waals surface area contributed by atoms with Crippen LogP contribution in [0.5, 0.6) is 0 Å². The van der Waals surface area contributed by atoms with E-state index in [0.717, 1.165) is 13.1 Å². The number of fused-ring (bicyclic) bond motifs is 2. The van der Waals surface area contributed by atoms with E-state index in [9.17, 15) is 0 Å². The fourth-order valence-corrected chi connectivity index (χ4v) is 3.85. The molecule has 2 aromatic carbocycles. The van der Waals surface area contributed by atoms with E-state index in [1.165, 1.54) is 47.9 Å². The van der Waals surface area contributed by atoms with Gasteiger partial charge in [-0.05, 0) is 47.9 Å². The number of benzene rings is 2. The third kappa shape index (κ3) is 2.94. The van der Waals surface area contributed by atoms with Crippen molar-refractivity contribution >= 4 is 0 Å². The Kier molecular flexibility index (Phi) is 3.96. The Morgan fingerprint density at radius 2 is 1.05 bits per heavy atom. The number of nitrogens with one attached hydrogen (secondary N) is 2. The molecular weight excluding hydrogens is 268 g/mol. The Hall–Kier alpha value is -1.64. The molecular formula is C20H24N2. The van der Waals surface area contributed by atoms with Gasteiger partial charge in [-0.1, -0.05) is 48.5 Å². The molecule has 0 amide bonds. The van der Waals surface area contributed by atoms with Crippen LogP contribution < -0.4 is 10.6 Å². The lowest BCUT2D eigenvalue weighted by Gasteiger charge is -2.30. The van der Waals surface area contributed by atoms with Crippen LogP contribution in [0.15, 0.2) is 48.5 Å². The molecule has 22 heavy (non-hydrogen) atoms. The topological polar surface area (TPSA) is 24.1 Å².